The van der Waals surface area contributed by atoms with E-state index in [4.69, 9.17) is 4.74 Å². The van der Waals surface area contributed by atoms with Crippen molar-refractivity contribution >= 4 is 33.3 Å². The lowest BCUT2D eigenvalue weighted by atomic mass is 9.87. The smallest absolute Gasteiger partial charge is 0.313 e. The van der Waals surface area contributed by atoms with Crippen molar-refractivity contribution in [2.24, 2.45) is 12.5 Å². The number of halogens is 1. The second-order valence-corrected chi connectivity index (χ2v) is 12.9. The van der Waals surface area contributed by atoms with Crippen molar-refractivity contribution in [3.63, 3.8) is 0 Å². The van der Waals surface area contributed by atoms with Gasteiger partial charge < -0.3 is 10.1 Å². The number of anilines is 3. The molecule has 0 amide bonds. The summed E-state index contributed by atoms with van der Waals surface area (Å²) in [5.74, 6) is -1.12. The van der Waals surface area contributed by atoms with Crippen molar-refractivity contribution in [3.8, 4) is 11.3 Å². The van der Waals surface area contributed by atoms with E-state index in [9.17, 15) is 17.6 Å². The average molecular weight is 609 g/mol. The van der Waals surface area contributed by atoms with Crippen molar-refractivity contribution in [1.29, 1.82) is 0 Å². The molecule has 0 spiro atoms. The number of nitrogens with one attached hydrogen (secondary N) is 1. The zero-order chi connectivity index (χ0) is 31.0. The van der Waals surface area contributed by atoms with Gasteiger partial charge in [-0.1, -0.05) is 50.5 Å². The van der Waals surface area contributed by atoms with E-state index in [1.54, 1.807) is 74.5 Å². The molecule has 4 rings (SSSR count). The molecule has 0 aliphatic heterocycles. The Kier molecular flexibility index (Phi) is 10.1. The molecule has 43 heavy (non-hydrogen) atoms. The van der Waals surface area contributed by atoms with E-state index >= 15 is 0 Å². The lowest BCUT2D eigenvalue weighted by Gasteiger charge is -2.27. The van der Waals surface area contributed by atoms with E-state index in [2.05, 4.69) is 27.3 Å². The third-order valence-corrected chi connectivity index (χ3v) is 8.60. The molecule has 4 aromatic rings. The number of hydrogen-bond donors (Lipinski definition) is 1. The zero-order valence-corrected chi connectivity index (χ0v) is 25.6. The van der Waals surface area contributed by atoms with Gasteiger partial charge in [-0.2, -0.15) is 5.10 Å². The summed E-state index contributed by atoms with van der Waals surface area (Å²) in [5.41, 5.74) is 1.87. The van der Waals surface area contributed by atoms with Crippen LogP contribution in [0, 0.1) is 11.2 Å². The molecule has 0 unspecified atom stereocenters. The van der Waals surface area contributed by atoms with Gasteiger partial charge in [0.2, 0.25) is 16.0 Å². The topological polar surface area (TPSA) is 119 Å². The van der Waals surface area contributed by atoms with Crippen LogP contribution in [0.25, 0.3) is 11.3 Å². The highest BCUT2D eigenvalue weighted by Crippen LogP contribution is 2.29. The highest BCUT2D eigenvalue weighted by Gasteiger charge is 2.31. The molecule has 0 radical (unpaired) electrons. The van der Waals surface area contributed by atoms with Gasteiger partial charge in [0.15, 0.2) is 6.73 Å². The van der Waals surface area contributed by atoms with E-state index in [0.29, 0.717) is 23.8 Å². The number of sulfonamides is 1. The standard InChI is InChI=1S/C31H37FN6O4S/c1-5-6-7-16-31(2,3)29(39)42-22-38(43(40,41)21-23-9-8-10-25(32)18-23)27-13-11-24(12-14-27)28-15-17-33-30(36-28)35-26-19-34-37(4)20-26/h8-15,17-20H,5-7,16,21-22H2,1-4H3,(H,33,35,36). The fourth-order valence-corrected chi connectivity index (χ4v) is 5.87. The second kappa shape index (κ2) is 13.8. The average Bonchev–Trinajstić information content (AvgIpc) is 3.37. The normalized spacial score (nSPS) is 11.7. The number of carbonyl (C=O) groups excluding carboxylic acids is 1. The van der Waals surface area contributed by atoms with Crippen LogP contribution in [0.3, 0.4) is 0 Å². The number of aryl methyl sites for hydroxylation is 1. The first-order valence-electron chi connectivity index (χ1n) is 14.1. The number of benzene rings is 2. The first-order chi connectivity index (χ1) is 20.5. The summed E-state index contributed by atoms with van der Waals surface area (Å²) in [7, 11) is -2.27. The predicted octanol–water partition coefficient (Wildman–Crippen LogP) is 6.20. The fourth-order valence-electron chi connectivity index (χ4n) is 4.46. The van der Waals surface area contributed by atoms with Gasteiger partial charge in [-0.05, 0) is 56.2 Å². The van der Waals surface area contributed by atoms with Gasteiger partial charge in [-0.15, -0.1) is 0 Å². The molecular weight excluding hydrogens is 571 g/mol. The summed E-state index contributed by atoms with van der Waals surface area (Å²) in [6.07, 6.45) is 8.57. The van der Waals surface area contributed by atoms with Crippen molar-refractivity contribution in [2.75, 3.05) is 16.4 Å². The SMILES string of the molecule is CCCCCC(C)(C)C(=O)OCN(c1ccc(-c2ccnc(Nc3cnn(C)c3)n2)cc1)S(=O)(=O)Cc1cccc(F)c1. The molecule has 228 valence electrons. The van der Waals surface area contributed by atoms with E-state index < -0.39 is 39.7 Å². The molecule has 0 saturated carbocycles. The minimum Gasteiger partial charge on any atom is -0.443 e. The Balaban J connectivity index is 1.57. The van der Waals surface area contributed by atoms with Crippen molar-refractivity contribution in [1.82, 2.24) is 19.7 Å². The third kappa shape index (κ3) is 8.60. The lowest BCUT2D eigenvalue weighted by Crippen LogP contribution is -2.37. The Bertz CT molecular complexity index is 1640. The summed E-state index contributed by atoms with van der Waals surface area (Å²) >= 11 is 0. The first kappa shape index (κ1) is 31.6. The van der Waals surface area contributed by atoms with E-state index in [1.165, 1.54) is 24.3 Å². The van der Waals surface area contributed by atoms with Gasteiger partial charge in [0.05, 0.1) is 34.4 Å². The number of hydrogen-bond acceptors (Lipinski definition) is 8. The van der Waals surface area contributed by atoms with Gasteiger partial charge in [0.25, 0.3) is 0 Å². The molecule has 10 nitrogen and oxygen atoms in total. The molecule has 2 aromatic heterocycles. The number of ether oxygens (including phenoxy) is 1. The van der Waals surface area contributed by atoms with Crippen molar-refractivity contribution < 1.29 is 22.3 Å². The molecule has 0 saturated heterocycles. The molecule has 0 fully saturated rings. The van der Waals surface area contributed by atoms with Gasteiger partial charge in [-0.25, -0.2) is 27.1 Å². The van der Waals surface area contributed by atoms with Gasteiger partial charge in [0.1, 0.15) is 5.82 Å². The third-order valence-electron chi connectivity index (χ3n) is 6.91. The second-order valence-electron chi connectivity index (χ2n) is 11.0. The molecular formula is C31H37FN6O4S. The van der Waals surface area contributed by atoms with Crippen molar-refractivity contribution in [3.05, 3.63) is 84.6 Å². The Morgan fingerprint density at radius 1 is 1.12 bits per heavy atom. The number of nitrogens with zero attached hydrogens (tertiary/aromatic N) is 5. The Morgan fingerprint density at radius 3 is 2.56 bits per heavy atom. The molecule has 0 aliphatic carbocycles. The Morgan fingerprint density at radius 2 is 1.88 bits per heavy atom. The molecule has 0 bridgehead atoms. The lowest BCUT2D eigenvalue weighted by molar-refractivity contribution is -0.154. The largest absolute Gasteiger partial charge is 0.443 e. The van der Waals surface area contributed by atoms with Crippen LogP contribution in [0.1, 0.15) is 52.0 Å². The minimum absolute atomic E-state index is 0.280. The van der Waals surface area contributed by atoms with Crippen LogP contribution >= 0.6 is 0 Å². The van der Waals surface area contributed by atoms with Crippen LogP contribution in [0.15, 0.2) is 73.2 Å². The van der Waals surface area contributed by atoms with Crippen LogP contribution in [0.2, 0.25) is 0 Å². The van der Waals surface area contributed by atoms with Crippen LogP contribution in [0.4, 0.5) is 21.7 Å². The number of unbranched alkanes of at least 4 members (excludes halogenated alkanes) is 2. The van der Waals surface area contributed by atoms with E-state index in [-0.39, 0.29) is 5.56 Å². The Labute approximate surface area is 252 Å². The Hall–Kier alpha value is -4.32. The van der Waals surface area contributed by atoms with Gasteiger partial charge >= 0.3 is 5.97 Å². The highest BCUT2D eigenvalue weighted by atomic mass is 32.2. The summed E-state index contributed by atoms with van der Waals surface area (Å²) in [6, 6.07) is 13.9. The first-order valence-corrected chi connectivity index (χ1v) is 15.7. The maximum Gasteiger partial charge on any atom is 0.313 e. The summed E-state index contributed by atoms with van der Waals surface area (Å²) in [4.78, 5) is 21.8. The van der Waals surface area contributed by atoms with Gasteiger partial charge in [-0.3, -0.25) is 9.48 Å². The monoisotopic (exact) mass is 608 g/mol. The van der Waals surface area contributed by atoms with Crippen LogP contribution in [-0.4, -0.2) is 40.9 Å². The van der Waals surface area contributed by atoms with E-state index in [0.717, 1.165) is 34.8 Å². The van der Waals surface area contributed by atoms with E-state index in [1.807, 2.05) is 0 Å². The molecule has 0 aliphatic rings. The quantitative estimate of drug-likeness (QED) is 0.102. The number of carbonyl (C=O) groups is 1. The fraction of sp³-hybridized carbons (Fsp3) is 0.355. The number of rotatable bonds is 14. The summed E-state index contributed by atoms with van der Waals surface area (Å²) in [5, 5.41) is 7.22. The van der Waals surface area contributed by atoms with Crippen LogP contribution < -0.4 is 9.62 Å². The maximum atomic E-state index is 13.8. The number of aromatic nitrogens is 4. The zero-order valence-electron chi connectivity index (χ0n) is 24.8. The van der Waals surface area contributed by atoms with Gasteiger partial charge in [0, 0.05) is 25.0 Å². The summed E-state index contributed by atoms with van der Waals surface area (Å²) in [6.45, 7) is 5.16. The summed E-state index contributed by atoms with van der Waals surface area (Å²) < 4.78 is 49.4. The molecule has 2 aromatic carbocycles. The van der Waals surface area contributed by atoms with Crippen LogP contribution in [-0.2, 0) is 32.4 Å². The van der Waals surface area contributed by atoms with Crippen LogP contribution in [0.5, 0.6) is 0 Å². The van der Waals surface area contributed by atoms with Crippen molar-refractivity contribution in [2.45, 2.75) is 52.2 Å². The minimum atomic E-state index is -4.08. The maximum absolute atomic E-state index is 13.8. The number of esters is 1. The molecule has 1 N–H and O–H groups in total. The molecule has 12 heteroatoms. The highest BCUT2D eigenvalue weighted by molar-refractivity contribution is 7.92. The molecule has 0 atom stereocenters. The molecule has 2 heterocycles. The predicted molar refractivity (Wildman–Crippen MR) is 164 cm³/mol.